The third-order valence-corrected chi connectivity index (χ3v) is 5.13. The summed E-state index contributed by atoms with van der Waals surface area (Å²) in [4.78, 5) is 9.76. The molecule has 0 saturated carbocycles. The Kier molecular flexibility index (Phi) is 4.77. The molecular formula is C16H17N5OS2. The van der Waals surface area contributed by atoms with Crippen LogP contribution in [0.15, 0.2) is 34.7 Å². The maximum Gasteiger partial charge on any atom is 0.203 e. The van der Waals surface area contributed by atoms with Crippen LogP contribution in [0.1, 0.15) is 18.2 Å². The molecule has 3 rings (SSSR count). The van der Waals surface area contributed by atoms with Crippen molar-refractivity contribution < 1.29 is 4.74 Å². The molecule has 24 heavy (non-hydrogen) atoms. The molecule has 0 aliphatic rings. The normalized spacial score (nSPS) is 11.5. The molecule has 8 heteroatoms. The number of nitrogens with two attached hydrogens (primary N) is 1. The highest BCUT2D eigenvalue weighted by molar-refractivity contribution is 7.19. The largest absolute Gasteiger partial charge is 0.497 e. The third kappa shape index (κ3) is 3.55. The summed E-state index contributed by atoms with van der Waals surface area (Å²) in [5.74, 6) is 0.822. The summed E-state index contributed by atoms with van der Waals surface area (Å²) in [5.41, 5.74) is 12.4. The molecule has 0 aliphatic carbocycles. The number of hydrazone groups is 1. The first-order valence-electron chi connectivity index (χ1n) is 7.20. The lowest BCUT2D eigenvalue weighted by molar-refractivity contribution is 0.415. The monoisotopic (exact) mass is 359 g/mol. The van der Waals surface area contributed by atoms with E-state index in [1.807, 2.05) is 43.5 Å². The molecule has 0 aliphatic heterocycles. The van der Waals surface area contributed by atoms with Gasteiger partial charge in [0.25, 0.3) is 0 Å². The number of ether oxygens (including phenoxy) is 1. The number of thiazole rings is 2. The van der Waals surface area contributed by atoms with E-state index < -0.39 is 0 Å². The van der Waals surface area contributed by atoms with E-state index in [1.54, 1.807) is 7.11 Å². The number of nitrogens with zero attached hydrogens (tertiary/aromatic N) is 3. The van der Waals surface area contributed by atoms with E-state index in [9.17, 15) is 0 Å². The van der Waals surface area contributed by atoms with Crippen molar-refractivity contribution in [3.63, 3.8) is 0 Å². The maximum absolute atomic E-state index is 5.74. The second-order valence-corrected chi connectivity index (χ2v) is 6.93. The number of anilines is 2. The van der Waals surface area contributed by atoms with Crippen molar-refractivity contribution in [3.8, 4) is 16.3 Å². The summed E-state index contributed by atoms with van der Waals surface area (Å²) < 4.78 is 5.16. The minimum atomic E-state index is 0.554. The van der Waals surface area contributed by atoms with Crippen LogP contribution < -0.4 is 15.9 Å². The molecule has 0 unspecified atom stereocenters. The molecule has 6 nitrogen and oxygen atoms in total. The molecule has 0 bridgehead atoms. The number of aryl methyl sites for hydroxylation is 1. The van der Waals surface area contributed by atoms with Crippen LogP contribution in [-0.4, -0.2) is 22.8 Å². The van der Waals surface area contributed by atoms with Crippen molar-refractivity contribution in [1.82, 2.24) is 9.97 Å². The lowest BCUT2D eigenvalue weighted by atomic mass is 10.1. The van der Waals surface area contributed by atoms with E-state index in [2.05, 4.69) is 20.5 Å². The van der Waals surface area contributed by atoms with Gasteiger partial charge in [-0.2, -0.15) is 5.10 Å². The first-order chi connectivity index (χ1) is 11.6. The van der Waals surface area contributed by atoms with Gasteiger partial charge in [0.1, 0.15) is 5.75 Å². The number of methoxy groups -OCH3 is 1. The minimum absolute atomic E-state index is 0.554. The average molecular weight is 359 g/mol. The van der Waals surface area contributed by atoms with E-state index in [0.29, 0.717) is 5.13 Å². The van der Waals surface area contributed by atoms with Gasteiger partial charge in [0, 0.05) is 5.38 Å². The Morgan fingerprint density at radius 1 is 1.25 bits per heavy atom. The van der Waals surface area contributed by atoms with Gasteiger partial charge in [0.15, 0.2) is 5.13 Å². The lowest BCUT2D eigenvalue weighted by Gasteiger charge is -2.03. The van der Waals surface area contributed by atoms with E-state index >= 15 is 0 Å². The highest BCUT2D eigenvalue weighted by Gasteiger charge is 2.11. The van der Waals surface area contributed by atoms with Crippen LogP contribution in [-0.2, 0) is 0 Å². The number of aromatic nitrogens is 2. The molecule has 0 saturated heterocycles. The number of hydrogen-bond donors (Lipinski definition) is 2. The van der Waals surface area contributed by atoms with E-state index in [0.717, 1.165) is 38.4 Å². The zero-order valence-electron chi connectivity index (χ0n) is 13.5. The highest BCUT2D eigenvalue weighted by atomic mass is 32.1. The Labute approximate surface area is 148 Å². The van der Waals surface area contributed by atoms with Gasteiger partial charge in [-0.25, -0.2) is 9.97 Å². The first-order valence-corrected chi connectivity index (χ1v) is 8.90. The van der Waals surface area contributed by atoms with Crippen LogP contribution in [0, 0.1) is 6.92 Å². The fourth-order valence-corrected chi connectivity index (χ4v) is 3.62. The zero-order valence-corrected chi connectivity index (χ0v) is 15.2. The van der Waals surface area contributed by atoms with Gasteiger partial charge in [0.2, 0.25) is 5.13 Å². The van der Waals surface area contributed by atoms with Crippen LogP contribution >= 0.6 is 22.7 Å². The Morgan fingerprint density at radius 3 is 2.62 bits per heavy atom. The molecule has 0 fully saturated rings. The summed E-state index contributed by atoms with van der Waals surface area (Å²) in [6.45, 7) is 3.87. The average Bonchev–Trinajstić information content (AvgIpc) is 3.18. The number of hydrogen-bond acceptors (Lipinski definition) is 8. The van der Waals surface area contributed by atoms with Crippen molar-refractivity contribution in [2.75, 3.05) is 18.3 Å². The molecule has 0 atom stereocenters. The Hall–Kier alpha value is -2.45. The van der Waals surface area contributed by atoms with Crippen LogP contribution in [0.5, 0.6) is 5.75 Å². The Balaban J connectivity index is 1.73. The van der Waals surface area contributed by atoms with Crippen LogP contribution in [0.3, 0.4) is 0 Å². The van der Waals surface area contributed by atoms with Crippen LogP contribution in [0.25, 0.3) is 10.6 Å². The quantitative estimate of drug-likeness (QED) is 0.531. The number of nitrogen functional groups attached to an aromatic ring is 1. The van der Waals surface area contributed by atoms with E-state index in [-0.39, 0.29) is 0 Å². The topological polar surface area (TPSA) is 85.4 Å². The fraction of sp³-hybridized carbons (Fsp3) is 0.188. The SMILES string of the molecule is COc1ccc(/C(C)=N\Nc2nc(-c3sc(N)nc3C)cs2)cc1. The molecule has 0 radical (unpaired) electrons. The summed E-state index contributed by atoms with van der Waals surface area (Å²) >= 11 is 2.94. The zero-order chi connectivity index (χ0) is 17.1. The summed E-state index contributed by atoms with van der Waals surface area (Å²) in [6.07, 6.45) is 0. The maximum atomic E-state index is 5.74. The molecule has 0 spiro atoms. The first kappa shape index (κ1) is 16.4. The number of rotatable bonds is 5. The predicted molar refractivity (Wildman–Crippen MR) is 101 cm³/mol. The summed E-state index contributed by atoms with van der Waals surface area (Å²) in [7, 11) is 1.65. The molecule has 2 heterocycles. The van der Waals surface area contributed by atoms with Crippen molar-refractivity contribution in [1.29, 1.82) is 0 Å². The molecular weight excluding hydrogens is 342 g/mol. The second-order valence-electron chi connectivity index (χ2n) is 5.04. The third-order valence-electron chi connectivity index (χ3n) is 3.38. The lowest BCUT2D eigenvalue weighted by Crippen LogP contribution is -1.99. The summed E-state index contributed by atoms with van der Waals surface area (Å²) in [5, 5.41) is 7.64. The molecule has 1 aromatic carbocycles. The van der Waals surface area contributed by atoms with Crippen LogP contribution in [0.4, 0.5) is 10.3 Å². The standard InChI is InChI=1S/C16H17N5OS2/c1-9(11-4-6-12(22-3)7-5-11)20-21-16-19-13(8-23-16)14-10(2)18-15(17)24-14/h4-8H,1-3H3,(H2,17,18)(H,19,21)/b20-9-. The van der Waals surface area contributed by atoms with Gasteiger partial charge in [-0.1, -0.05) is 11.3 Å². The van der Waals surface area contributed by atoms with Gasteiger partial charge in [-0.3, -0.25) is 5.43 Å². The van der Waals surface area contributed by atoms with Gasteiger partial charge in [0.05, 0.1) is 29.1 Å². The molecule has 0 amide bonds. The smallest absolute Gasteiger partial charge is 0.203 e. The van der Waals surface area contributed by atoms with E-state index in [4.69, 9.17) is 10.5 Å². The Bertz CT molecular complexity index is 867. The molecule has 3 aromatic rings. The fourth-order valence-electron chi connectivity index (χ4n) is 2.11. The Morgan fingerprint density at radius 2 is 2.00 bits per heavy atom. The predicted octanol–water partition coefficient (Wildman–Crippen LogP) is 4.00. The van der Waals surface area contributed by atoms with Crippen molar-refractivity contribution >= 4 is 38.6 Å². The van der Waals surface area contributed by atoms with Gasteiger partial charge in [-0.15, -0.1) is 11.3 Å². The minimum Gasteiger partial charge on any atom is -0.497 e. The molecule has 124 valence electrons. The van der Waals surface area contributed by atoms with E-state index in [1.165, 1.54) is 22.7 Å². The molecule has 3 N–H and O–H groups in total. The number of nitrogens with one attached hydrogen (secondary N) is 1. The van der Waals surface area contributed by atoms with Gasteiger partial charge in [-0.05, 0) is 43.7 Å². The molecule has 2 aromatic heterocycles. The second kappa shape index (κ2) is 6.98. The van der Waals surface area contributed by atoms with Crippen LogP contribution in [0.2, 0.25) is 0 Å². The van der Waals surface area contributed by atoms with Gasteiger partial charge < -0.3 is 10.5 Å². The van der Waals surface area contributed by atoms with Crippen molar-refractivity contribution in [2.24, 2.45) is 5.10 Å². The van der Waals surface area contributed by atoms with Gasteiger partial charge >= 0.3 is 0 Å². The van der Waals surface area contributed by atoms with Crippen molar-refractivity contribution in [2.45, 2.75) is 13.8 Å². The number of benzene rings is 1. The van der Waals surface area contributed by atoms with Crippen molar-refractivity contribution in [3.05, 3.63) is 40.9 Å². The highest BCUT2D eigenvalue weighted by Crippen LogP contribution is 2.33. The summed E-state index contributed by atoms with van der Waals surface area (Å²) in [6, 6.07) is 7.76.